The van der Waals surface area contributed by atoms with Gasteiger partial charge >= 0.3 is 11.9 Å². The number of ether oxygens (including phenoxy) is 1. The topological polar surface area (TPSA) is 122 Å². The Kier molecular flexibility index (Phi) is 6.84. The highest BCUT2D eigenvalue weighted by atomic mass is 35.5. The standard InChI is InChI=1S/C17H18ClFN2O5/c18-10-4-2-1-3-9(10)13-14(16(22)23)11(7-19)21-12(8-26-6-5-20)15(13)17(24)25/h1-4,13-14H,5-8,20H2,(H,22,23)(H,24,25). The van der Waals surface area contributed by atoms with Gasteiger partial charge in [-0.2, -0.15) is 0 Å². The van der Waals surface area contributed by atoms with Gasteiger partial charge in [0.15, 0.2) is 0 Å². The number of carbonyl (C=O) groups is 2. The first-order valence-electron chi connectivity index (χ1n) is 7.77. The second kappa shape index (κ2) is 8.88. The summed E-state index contributed by atoms with van der Waals surface area (Å²) in [6.45, 7) is -1.00. The lowest BCUT2D eigenvalue weighted by Gasteiger charge is -2.31. The van der Waals surface area contributed by atoms with Gasteiger partial charge in [0.1, 0.15) is 12.6 Å². The first-order chi connectivity index (χ1) is 12.4. The van der Waals surface area contributed by atoms with Crippen LogP contribution in [-0.4, -0.2) is 54.3 Å². The van der Waals surface area contributed by atoms with Gasteiger partial charge in [-0.15, -0.1) is 0 Å². The fourth-order valence-electron chi connectivity index (χ4n) is 2.92. The maximum Gasteiger partial charge on any atom is 0.334 e. The molecule has 1 aromatic rings. The van der Waals surface area contributed by atoms with Crippen LogP contribution in [0.3, 0.4) is 0 Å². The van der Waals surface area contributed by atoms with Crippen LogP contribution in [0.15, 0.2) is 40.5 Å². The van der Waals surface area contributed by atoms with Gasteiger partial charge in [0.05, 0.1) is 30.2 Å². The summed E-state index contributed by atoms with van der Waals surface area (Å²) in [7, 11) is 0. The summed E-state index contributed by atoms with van der Waals surface area (Å²) < 4.78 is 18.8. The van der Waals surface area contributed by atoms with Crippen LogP contribution in [0.5, 0.6) is 0 Å². The molecule has 9 heteroatoms. The lowest BCUT2D eigenvalue weighted by atomic mass is 9.75. The minimum atomic E-state index is -1.48. The molecule has 140 valence electrons. The monoisotopic (exact) mass is 384 g/mol. The van der Waals surface area contributed by atoms with Gasteiger partial charge in [-0.1, -0.05) is 29.8 Å². The molecular formula is C17H18ClFN2O5. The first-order valence-corrected chi connectivity index (χ1v) is 8.14. The fraction of sp³-hybridized carbons (Fsp3) is 0.353. The minimum Gasteiger partial charge on any atom is -0.481 e. The highest BCUT2D eigenvalue weighted by Gasteiger charge is 2.43. The number of carboxylic acid groups (broad SMARTS) is 2. The quantitative estimate of drug-likeness (QED) is 0.588. The average molecular weight is 385 g/mol. The van der Waals surface area contributed by atoms with Crippen molar-refractivity contribution in [3.05, 3.63) is 46.1 Å². The number of rotatable bonds is 8. The Balaban J connectivity index is 2.67. The van der Waals surface area contributed by atoms with E-state index in [0.29, 0.717) is 0 Å². The zero-order valence-corrected chi connectivity index (χ0v) is 14.4. The number of hydrogen-bond acceptors (Lipinski definition) is 5. The van der Waals surface area contributed by atoms with Crippen molar-refractivity contribution < 1.29 is 28.9 Å². The molecule has 0 aliphatic carbocycles. The van der Waals surface area contributed by atoms with E-state index in [-0.39, 0.29) is 47.3 Å². The zero-order chi connectivity index (χ0) is 19.3. The maximum atomic E-state index is 13.5. The lowest BCUT2D eigenvalue weighted by molar-refractivity contribution is -0.140. The molecular weight excluding hydrogens is 367 g/mol. The molecule has 2 unspecified atom stereocenters. The van der Waals surface area contributed by atoms with Gasteiger partial charge in [0.2, 0.25) is 0 Å². The van der Waals surface area contributed by atoms with Crippen molar-refractivity contribution in [3.8, 4) is 0 Å². The van der Waals surface area contributed by atoms with Crippen molar-refractivity contribution in [2.75, 3.05) is 26.4 Å². The predicted molar refractivity (Wildman–Crippen MR) is 93.3 cm³/mol. The average Bonchev–Trinajstić information content (AvgIpc) is 2.60. The van der Waals surface area contributed by atoms with E-state index in [1.165, 1.54) is 12.1 Å². The Morgan fingerprint density at radius 3 is 2.54 bits per heavy atom. The molecule has 0 radical (unpaired) electrons. The number of aliphatic carboxylic acids is 2. The summed E-state index contributed by atoms with van der Waals surface area (Å²) in [5.74, 6) is -5.43. The molecule has 1 aliphatic heterocycles. The molecule has 0 fully saturated rings. The van der Waals surface area contributed by atoms with E-state index in [1.54, 1.807) is 12.1 Å². The van der Waals surface area contributed by atoms with Crippen LogP contribution in [0.4, 0.5) is 4.39 Å². The summed E-state index contributed by atoms with van der Waals surface area (Å²) >= 11 is 6.17. The Bertz CT molecular complexity index is 765. The molecule has 0 bridgehead atoms. The highest BCUT2D eigenvalue weighted by Crippen LogP contribution is 2.41. The van der Waals surface area contributed by atoms with Crippen LogP contribution in [0.25, 0.3) is 0 Å². The Labute approximate surface area is 153 Å². The molecule has 2 atom stereocenters. The number of hydrogen-bond donors (Lipinski definition) is 3. The maximum absolute atomic E-state index is 13.5. The molecule has 0 aromatic heterocycles. The number of nitrogens with two attached hydrogens (primary N) is 1. The summed E-state index contributed by atoms with van der Waals surface area (Å²) in [5.41, 5.74) is 5.02. The molecule has 4 N–H and O–H groups in total. The molecule has 7 nitrogen and oxygen atoms in total. The van der Waals surface area contributed by atoms with Crippen molar-refractivity contribution in [3.63, 3.8) is 0 Å². The van der Waals surface area contributed by atoms with Gasteiger partial charge in [-0.3, -0.25) is 9.79 Å². The van der Waals surface area contributed by atoms with Crippen molar-refractivity contribution in [1.82, 2.24) is 0 Å². The van der Waals surface area contributed by atoms with Crippen molar-refractivity contribution in [2.24, 2.45) is 16.6 Å². The van der Waals surface area contributed by atoms with E-state index < -0.39 is 30.4 Å². The van der Waals surface area contributed by atoms with Crippen LogP contribution in [0.2, 0.25) is 5.02 Å². The van der Waals surface area contributed by atoms with Gasteiger partial charge in [0, 0.05) is 17.5 Å². The van der Waals surface area contributed by atoms with Crippen LogP contribution in [-0.2, 0) is 14.3 Å². The SMILES string of the molecule is NCCOCC1=C(C(=O)O)C(c2ccccc2Cl)C(C(=O)O)C(CF)=N1. The number of aliphatic imine (C=N–C) groups is 1. The van der Waals surface area contributed by atoms with E-state index in [0.717, 1.165) is 0 Å². The third-order valence-corrected chi connectivity index (χ3v) is 4.31. The molecule has 0 amide bonds. The molecule has 0 saturated heterocycles. The molecule has 1 aliphatic rings. The minimum absolute atomic E-state index is 0.0407. The van der Waals surface area contributed by atoms with E-state index in [2.05, 4.69) is 4.99 Å². The van der Waals surface area contributed by atoms with Crippen LogP contribution >= 0.6 is 11.6 Å². The van der Waals surface area contributed by atoms with Crippen molar-refractivity contribution in [2.45, 2.75) is 5.92 Å². The highest BCUT2D eigenvalue weighted by molar-refractivity contribution is 6.31. The number of halogens is 2. The summed E-state index contributed by atoms with van der Waals surface area (Å²) in [6, 6.07) is 6.27. The third-order valence-electron chi connectivity index (χ3n) is 3.97. The Morgan fingerprint density at radius 1 is 1.31 bits per heavy atom. The summed E-state index contributed by atoms with van der Waals surface area (Å²) in [6.07, 6.45) is 0. The molecule has 2 rings (SSSR count). The molecule has 0 spiro atoms. The predicted octanol–water partition coefficient (Wildman–Crippen LogP) is 1.86. The molecule has 26 heavy (non-hydrogen) atoms. The Hall–Kier alpha value is -2.29. The van der Waals surface area contributed by atoms with E-state index in [4.69, 9.17) is 22.1 Å². The third kappa shape index (κ3) is 4.09. The number of carboxylic acids is 2. The summed E-state index contributed by atoms with van der Waals surface area (Å²) in [4.78, 5) is 27.7. The van der Waals surface area contributed by atoms with Crippen molar-refractivity contribution in [1.29, 1.82) is 0 Å². The fourth-order valence-corrected chi connectivity index (χ4v) is 3.17. The first kappa shape index (κ1) is 20.0. The molecule has 0 saturated carbocycles. The van der Waals surface area contributed by atoms with Gasteiger partial charge < -0.3 is 20.7 Å². The van der Waals surface area contributed by atoms with E-state index in [9.17, 15) is 24.2 Å². The number of nitrogens with zero attached hydrogens (tertiary/aromatic N) is 1. The number of alkyl halides is 1. The summed E-state index contributed by atoms with van der Waals surface area (Å²) in [5, 5.41) is 19.5. The second-order valence-corrected chi connectivity index (χ2v) is 5.97. The van der Waals surface area contributed by atoms with Gasteiger partial charge in [-0.25, -0.2) is 9.18 Å². The smallest absolute Gasteiger partial charge is 0.334 e. The largest absolute Gasteiger partial charge is 0.481 e. The molecule has 1 heterocycles. The van der Waals surface area contributed by atoms with Crippen LogP contribution in [0.1, 0.15) is 11.5 Å². The van der Waals surface area contributed by atoms with E-state index in [1.807, 2.05) is 0 Å². The second-order valence-electron chi connectivity index (χ2n) is 5.56. The van der Waals surface area contributed by atoms with Gasteiger partial charge in [0.25, 0.3) is 0 Å². The normalized spacial score (nSPS) is 20.0. The Morgan fingerprint density at radius 2 is 2.00 bits per heavy atom. The van der Waals surface area contributed by atoms with Crippen LogP contribution < -0.4 is 5.73 Å². The number of benzene rings is 1. The van der Waals surface area contributed by atoms with Crippen molar-refractivity contribution >= 4 is 29.3 Å². The van der Waals surface area contributed by atoms with Crippen LogP contribution in [0, 0.1) is 5.92 Å². The molecule has 1 aromatic carbocycles. The lowest BCUT2D eigenvalue weighted by Crippen LogP contribution is -2.38. The zero-order valence-electron chi connectivity index (χ0n) is 13.7. The van der Waals surface area contributed by atoms with Gasteiger partial charge in [-0.05, 0) is 11.6 Å². The van der Waals surface area contributed by atoms with E-state index >= 15 is 0 Å².